The van der Waals surface area contributed by atoms with Crippen molar-refractivity contribution >= 4 is 17.7 Å². The molecule has 2 heterocycles. The molecule has 0 unspecified atom stereocenters. The quantitative estimate of drug-likeness (QED) is 0.801. The highest BCUT2D eigenvalue weighted by Gasteiger charge is 2.41. The van der Waals surface area contributed by atoms with E-state index < -0.39 is 12.1 Å². The standard InChI is InChI=1S/C11H10F3N3O3/c12-11(13,14)10(19)20-7-1-2-8(16-5-7)17-9(18)6-3-15-4-6/h1-2,5-6,15H,3-4H2,(H,16,17,18). The highest BCUT2D eigenvalue weighted by molar-refractivity contribution is 5.92. The zero-order valence-electron chi connectivity index (χ0n) is 10.0. The molecule has 2 rings (SSSR count). The van der Waals surface area contributed by atoms with E-state index in [2.05, 4.69) is 20.4 Å². The number of nitrogens with one attached hydrogen (secondary N) is 2. The minimum absolute atomic E-state index is 0.139. The number of hydrogen-bond donors (Lipinski definition) is 2. The number of pyridine rings is 1. The minimum Gasteiger partial charge on any atom is -0.418 e. The van der Waals surface area contributed by atoms with Gasteiger partial charge < -0.3 is 15.4 Å². The number of nitrogens with zero attached hydrogens (tertiary/aromatic N) is 1. The lowest BCUT2D eigenvalue weighted by atomic mass is 10.0. The maximum atomic E-state index is 12.0. The smallest absolute Gasteiger partial charge is 0.418 e. The van der Waals surface area contributed by atoms with Crippen LogP contribution in [0.2, 0.25) is 0 Å². The average Bonchev–Trinajstić information content (AvgIpc) is 2.28. The molecule has 1 saturated heterocycles. The molecule has 2 N–H and O–H groups in total. The topological polar surface area (TPSA) is 80.3 Å². The van der Waals surface area contributed by atoms with E-state index in [9.17, 15) is 22.8 Å². The number of esters is 1. The van der Waals surface area contributed by atoms with Crippen LogP contribution in [-0.4, -0.2) is 36.1 Å². The van der Waals surface area contributed by atoms with Crippen LogP contribution in [0.15, 0.2) is 18.3 Å². The fourth-order valence-electron chi connectivity index (χ4n) is 1.38. The van der Waals surface area contributed by atoms with E-state index in [-0.39, 0.29) is 23.4 Å². The normalized spacial score (nSPS) is 15.3. The fourth-order valence-corrected chi connectivity index (χ4v) is 1.38. The summed E-state index contributed by atoms with van der Waals surface area (Å²) in [5.74, 6) is -2.86. The number of ether oxygens (including phenoxy) is 1. The van der Waals surface area contributed by atoms with Crippen LogP contribution in [0.5, 0.6) is 5.75 Å². The van der Waals surface area contributed by atoms with Crippen molar-refractivity contribution in [1.29, 1.82) is 0 Å². The van der Waals surface area contributed by atoms with Gasteiger partial charge in [-0.3, -0.25) is 4.79 Å². The predicted molar refractivity (Wildman–Crippen MR) is 60.9 cm³/mol. The summed E-state index contributed by atoms with van der Waals surface area (Å²) in [6.07, 6.45) is -4.14. The zero-order chi connectivity index (χ0) is 14.8. The Kier molecular flexibility index (Phi) is 3.89. The van der Waals surface area contributed by atoms with Crippen molar-refractivity contribution in [3.8, 4) is 5.75 Å². The van der Waals surface area contributed by atoms with Gasteiger partial charge in [-0.15, -0.1) is 0 Å². The summed E-state index contributed by atoms with van der Waals surface area (Å²) in [6.45, 7) is 1.15. The second-order valence-electron chi connectivity index (χ2n) is 4.11. The van der Waals surface area contributed by atoms with Crippen molar-refractivity contribution < 1.29 is 27.5 Å². The Morgan fingerprint density at radius 3 is 2.50 bits per heavy atom. The first kappa shape index (κ1) is 14.3. The van der Waals surface area contributed by atoms with Gasteiger partial charge in [-0.2, -0.15) is 13.2 Å². The Bertz CT molecular complexity index is 512. The monoisotopic (exact) mass is 289 g/mol. The van der Waals surface area contributed by atoms with Crippen LogP contribution in [0.3, 0.4) is 0 Å². The van der Waals surface area contributed by atoms with Crippen molar-refractivity contribution in [3.63, 3.8) is 0 Å². The summed E-state index contributed by atoms with van der Waals surface area (Å²) in [4.78, 5) is 25.8. The number of aromatic nitrogens is 1. The molecule has 6 nitrogen and oxygen atoms in total. The lowest BCUT2D eigenvalue weighted by molar-refractivity contribution is -0.189. The van der Waals surface area contributed by atoms with Crippen LogP contribution in [0.4, 0.5) is 19.0 Å². The molecule has 0 aliphatic carbocycles. The number of carbonyl (C=O) groups is 2. The molecule has 1 amide bonds. The molecular weight excluding hydrogens is 279 g/mol. The van der Waals surface area contributed by atoms with E-state index >= 15 is 0 Å². The van der Waals surface area contributed by atoms with Crippen molar-refractivity contribution in [2.75, 3.05) is 18.4 Å². The Hall–Kier alpha value is -2.16. The van der Waals surface area contributed by atoms with Gasteiger partial charge in [0.1, 0.15) is 11.6 Å². The molecule has 108 valence electrons. The summed E-state index contributed by atoms with van der Waals surface area (Å²) in [5.41, 5.74) is 0. The number of halogens is 3. The van der Waals surface area contributed by atoms with E-state index in [4.69, 9.17) is 0 Å². The lowest BCUT2D eigenvalue weighted by Gasteiger charge is -2.25. The van der Waals surface area contributed by atoms with Gasteiger partial charge in [0.05, 0.1) is 12.1 Å². The molecule has 1 aromatic rings. The summed E-state index contributed by atoms with van der Waals surface area (Å²) < 4.78 is 40.0. The molecule has 20 heavy (non-hydrogen) atoms. The molecule has 1 fully saturated rings. The molecule has 1 aliphatic rings. The molecule has 0 saturated carbocycles. The summed E-state index contributed by atoms with van der Waals surface area (Å²) >= 11 is 0. The van der Waals surface area contributed by atoms with Crippen LogP contribution < -0.4 is 15.4 Å². The van der Waals surface area contributed by atoms with Gasteiger partial charge in [-0.1, -0.05) is 0 Å². The molecule has 0 atom stereocenters. The van der Waals surface area contributed by atoms with Crippen LogP contribution in [-0.2, 0) is 9.59 Å². The summed E-state index contributed by atoms with van der Waals surface area (Å²) in [7, 11) is 0. The highest BCUT2D eigenvalue weighted by Crippen LogP contribution is 2.20. The number of hydrogen-bond acceptors (Lipinski definition) is 5. The van der Waals surface area contributed by atoms with E-state index in [1.54, 1.807) is 0 Å². The molecule has 0 spiro atoms. The first-order chi connectivity index (χ1) is 9.36. The second-order valence-corrected chi connectivity index (χ2v) is 4.11. The van der Waals surface area contributed by atoms with Crippen molar-refractivity contribution in [1.82, 2.24) is 10.3 Å². The third-order valence-corrected chi connectivity index (χ3v) is 2.58. The largest absolute Gasteiger partial charge is 0.491 e. The predicted octanol–water partition coefficient (Wildman–Crippen LogP) is 0.707. The molecule has 0 aromatic carbocycles. The molecule has 0 radical (unpaired) electrons. The molecular formula is C11H10F3N3O3. The molecule has 1 aliphatic heterocycles. The van der Waals surface area contributed by atoms with E-state index in [1.807, 2.05) is 0 Å². The third kappa shape index (κ3) is 3.44. The highest BCUT2D eigenvalue weighted by atomic mass is 19.4. The third-order valence-electron chi connectivity index (χ3n) is 2.58. The first-order valence-electron chi connectivity index (χ1n) is 5.63. The lowest BCUT2D eigenvalue weighted by Crippen LogP contribution is -2.48. The molecule has 9 heteroatoms. The Labute approximate surface area is 111 Å². The Balaban J connectivity index is 1.92. The summed E-state index contributed by atoms with van der Waals surface area (Å²) in [5, 5.41) is 5.43. The van der Waals surface area contributed by atoms with Gasteiger partial charge in [0.2, 0.25) is 5.91 Å². The number of carbonyl (C=O) groups excluding carboxylic acids is 2. The maximum Gasteiger partial charge on any atom is 0.491 e. The van der Waals surface area contributed by atoms with Crippen LogP contribution in [0.1, 0.15) is 0 Å². The van der Waals surface area contributed by atoms with Gasteiger partial charge in [0.15, 0.2) is 0 Å². The average molecular weight is 289 g/mol. The number of amides is 1. The fraction of sp³-hybridized carbons (Fsp3) is 0.364. The maximum absolute atomic E-state index is 12.0. The number of anilines is 1. The van der Waals surface area contributed by atoms with Crippen LogP contribution in [0.25, 0.3) is 0 Å². The SMILES string of the molecule is O=C(Nc1ccc(OC(=O)C(F)(F)F)cn1)C1CNC1. The van der Waals surface area contributed by atoms with Gasteiger partial charge in [0, 0.05) is 13.1 Å². The summed E-state index contributed by atoms with van der Waals surface area (Å²) in [6, 6.07) is 2.37. The number of alkyl halides is 3. The zero-order valence-corrected chi connectivity index (χ0v) is 10.0. The van der Waals surface area contributed by atoms with Gasteiger partial charge in [0.25, 0.3) is 0 Å². The first-order valence-corrected chi connectivity index (χ1v) is 5.63. The Morgan fingerprint density at radius 2 is 2.05 bits per heavy atom. The Morgan fingerprint density at radius 1 is 1.35 bits per heavy atom. The van der Waals surface area contributed by atoms with Crippen LogP contribution in [0, 0.1) is 5.92 Å². The van der Waals surface area contributed by atoms with Gasteiger partial charge in [-0.25, -0.2) is 9.78 Å². The van der Waals surface area contributed by atoms with Crippen LogP contribution >= 0.6 is 0 Å². The van der Waals surface area contributed by atoms with Gasteiger partial charge >= 0.3 is 12.1 Å². The minimum atomic E-state index is -5.07. The van der Waals surface area contributed by atoms with Crippen molar-refractivity contribution in [2.45, 2.75) is 6.18 Å². The van der Waals surface area contributed by atoms with Crippen molar-refractivity contribution in [2.24, 2.45) is 5.92 Å². The van der Waals surface area contributed by atoms with Gasteiger partial charge in [-0.05, 0) is 12.1 Å². The second kappa shape index (κ2) is 5.45. The van der Waals surface area contributed by atoms with E-state index in [1.165, 1.54) is 6.07 Å². The van der Waals surface area contributed by atoms with Crippen molar-refractivity contribution in [3.05, 3.63) is 18.3 Å². The molecule has 0 bridgehead atoms. The number of rotatable bonds is 3. The van der Waals surface area contributed by atoms with E-state index in [0.29, 0.717) is 13.1 Å². The van der Waals surface area contributed by atoms with E-state index in [0.717, 1.165) is 12.3 Å². The molecule has 1 aromatic heterocycles.